The van der Waals surface area contributed by atoms with Gasteiger partial charge in [-0.2, -0.15) is 0 Å². The highest BCUT2D eigenvalue weighted by Crippen LogP contribution is 2.38. The number of aryl methyl sites for hydroxylation is 2. The van der Waals surface area contributed by atoms with E-state index in [0.717, 1.165) is 48.4 Å². The number of halogens is 1. The van der Waals surface area contributed by atoms with E-state index in [1.54, 1.807) is 25.2 Å². The van der Waals surface area contributed by atoms with E-state index in [4.69, 9.17) is 41.0 Å². The normalized spacial score (nSPS) is 17.7. The number of anilines is 1. The Labute approximate surface area is 250 Å². The van der Waals surface area contributed by atoms with E-state index in [1.807, 2.05) is 27.0 Å². The lowest BCUT2D eigenvalue weighted by Crippen LogP contribution is -2.32. The third kappa shape index (κ3) is 6.59. The van der Waals surface area contributed by atoms with Crippen LogP contribution in [0.25, 0.3) is 22.6 Å². The van der Waals surface area contributed by atoms with Crippen molar-refractivity contribution in [3.63, 3.8) is 0 Å². The maximum Gasteiger partial charge on any atom is 0.163 e. The third-order valence-corrected chi connectivity index (χ3v) is 7.89. The molecule has 2 aliphatic heterocycles. The van der Waals surface area contributed by atoms with Crippen molar-refractivity contribution < 1.29 is 19.1 Å². The molecule has 0 saturated carbocycles. The highest BCUT2D eigenvalue weighted by Gasteiger charge is 2.29. The van der Waals surface area contributed by atoms with Gasteiger partial charge in [0.05, 0.1) is 34.2 Å². The van der Waals surface area contributed by atoms with Gasteiger partial charge in [-0.3, -0.25) is 0 Å². The van der Waals surface area contributed by atoms with Crippen molar-refractivity contribution >= 4 is 23.1 Å². The van der Waals surface area contributed by atoms with E-state index >= 15 is 0 Å². The Morgan fingerprint density at radius 1 is 1.21 bits per heavy atom. The first kappa shape index (κ1) is 30.0. The van der Waals surface area contributed by atoms with Crippen molar-refractivity contribution in [2.24, 2.45) is 0 Å². The molecule has 0 spiro atoms. The molecular formula is C30H38ClN7O4. The van der Waals surface area contributed by atoms with Crippen LogP contribution in [0.4, 0.5) is 5.82 Å². The molecule has 0 unspecified atom stereocenters. The summed E-state index contributed by atoms with van der Waals surface area (Å²) in [5.74, 6) is 2.33. The molecule has 224 valence electrons. The zero-order valence-corrected chi connectivity index (χ0v) is 25.2. The zero-order valence-electron chi connectivity index (χ0n) is 24.5. The lowest BCUT2D eigenvalue weighted by atomic mass is 10.0. The second-order valence-corrected chi connectivity index (χ2v) is 11.2. The summed E-state index contributed by atoms with van der Waals surface area (Å²) in [6.45, 7) is 8.73. The van der Waals surface area contributed by atoms with Gasteiger partial charge in [-0.25, -0.2) is 9.97 Å². The van der Waals surface area contributed by atoms with E-state index in [1.165, 1.54) is 0 Å². The summed E-state index contributed by atoms with van der Waals surface area (Å²) >= 11 is 6.70. The lowest BCUT2D eigenvalue weighted by molar-refractivity contribution is 0.0812. The fourth-order valence-electron chi connectivity index (χ4n) is 5.26. The summed E-state index contributed by atoms with van der Waals surface area (Å²) in [5, 5.41) is 29.9. The molecule has 5 rings (SSSR count). The second kappa shape index (κ2) is 13.2. The zero-order chi connectivity index (χ0) is 29.8. The molecule has 2 aliphatic rings. The number of nitrogens with zero attached hydrogens (tertiary/aromatic N) is 4. The first-order chi connectivity index (χ1) is 20.2. The van der Waals surface area contributed by atoms with Crippen LogP contribution in [0.5, 0.6) is 5.75 Å². The maximum absolute atomic E-state index is 10.1. The lowest BCUT2D eigenvalue weighted by Gasteiger charge is -2.23. The fourth-order valence-corrected chi connectivity index (χ4v) is 5.47. The van der Waals surface area contributed by atoms with Crippen LogP contribution in [0, 0.1) is 26.2 Å². The molecule has 0 radical (unpaired) electrons. The standard InChI is InChI=1S/C30H38ClN7O4/c1-17-28(27-18(2)37-42-19(27)3)35-29(24-11-23(5-6-25(24)31)41-16-22(39)13-33-4)36-30(17)38-14-20(26(32)15-38)12-34-21-7-9-40-10-8-21/h5-6,11-12,21-22,32-34,39H,7-10,13-16H2,1-4H3/b20-12-,32-26?/t22-/m1/s1. The number of nitrogens with one attached hydrogen (secondary N) is 3. The maximum atomic E-state index is 10.1. The smallest absolute Gasteiger partial charge is 0.163 e. The Balaban J connectivity index is 1.52. The topological polar surface area (TPSA) is 142 Å². The number of aliphatic hydroxyl groups excluding tert-OH is 1. The van der Waals surface area contributed by atoms with Gasteiger partial charge >= 0.3 is 0 Å². The van der Waals surface area contributed by atoms with Gasteiger partial charge in [0.1, 0.15) is 30.0 Å². The highest BCUT2D eigenvalue weighted by molar-refractivity contribution is 6.33. The fraction of sp³-hybridized carbons (Fsp3) is 0.467. The van der Waals surface area contributed by atoms with E-state index in [2.05, 4.69) is 20.7 Å². The molecule has 4 N–H and O–H groups in total. The third-order valence-electron chi connectivity index (χ3n) is 7.56. The molecule has 2 fully saturated rings. The molecule has 1 atom stereocenters. The molecule has 2 aromatic heterocycles. The average Bonchev–Trinajstić information content (AvgIpc) is 3.52. The van der Waals surface area contributed by atoms with Crippen LogP contribution in [0.15, 0.2) is 34.5 Å². The van der Waals surface area contributed by atoms with Gasteiger partial charge in [0, 0.05) is 55.2 Å². The summed E-state index contributed by atoms with van der Waals surface area (Å²) in [5.41, 5.74) is 5.15. The average molecular weight is 596 g/mol. The van der Waals surface area contributed by atoms with Gasteiger partial charge in [-0.1, -0.05) is 16.8 Å². The molecule has 11 nitrogen and oxygen atoms in total. The summed E-state index contributed by atoms with van der Waals surface area (Å²) in [7, 11) is 1.77. The van der Waals surface area contributed by atoms with Crippen LogP contribution >= 0.6 is 11.6 Å². The Bertz CT molecular complexity index is 1450. The monoisotopic (exact) mass is 595 g/mol. The Morgan fingerprint density at radius 3 is 2.71 bits per heavy atom. The van der Waals surface area contributed by atoms with Crippen molar-refractivity contribution in [2.45, 2.75) is 45.8 Å². The molecular weight excluding hydrogens is 558 g/mol. The molecule has 0 aliphatic carbocycles. The molecule has 42 heavy (non-hydrogen) atoms. The number of aromatic nitrogens is 3. The van der Waals surface area contributed by atoms with E-state index in [-0.39, 0.29) is 6.61 Å². The minimum absolute atomic E-state index is 0.124. The van der Waals surface area contributed by atoms with Gasteiger partial charge in [-0.15, -0.1) is 0 Å². The molecule has 12 heteroatoms. The number of ether oxygens (including phenoxy) is 2. The summed E-state index contributed by atoms with van der Waals surface area (Å²) in [4.78, 5) is 12.1. The number of rotatable bonds is 10. The summed E-state index contributed by atoms with van der Waals surface area (Å²) in [6.07, 6.45) is 3.23. The Morgan fingerprint density at radius 2 is 2.00 bits per heavy atom. The molecule has 0 amide bonds. The first-order valence-corrected chi connectivity index (χ1v) is 14.6. The van der Waals surface area contributed by atoms with E-state index < -0.39 is 6.10 Å². The number of likely N-dealkylation sites (N-methyl/N-ethyl adjacent to an activating group) is 1. The van der Waals surface area contributed by atoms with Crippen LogP contribution in [0.2, 0.25) is 5.02 Å². The predicted molar refractivity (Wildman–Crippen MR) is 163 cm³/mol. The van der Waals surface area contributed by atoms with Gasteiger partial charge < -0.3 is 40.0 Å². The number of hydrogen-bond acceptors (Lipinski definition) is 11. The summed E-state index contributed by atoms with van der Waals surface area (Å²) in [6, 6.07) is 5.63. The minimum atomic E-state index is -0.656. The van der Waals surface area contributed by atoms with E-state index in [9.17, 15) is 5.11 Å². The van der Waals surface area contributed by atoms with Crippen LogP contribution in [-0.2, 0) is 4.74 Å². The SMILES string of the molecule is CNC[C@@H](O)COc1ccc(Cl)c(-c2nc(-c3c(C)noc3C)c(C)c(N3CC(=N)/C(=C\NC4CCOCC4)C3)n2)c1. The van der Waals surface area contributed by atoms with Crippen molar-refractivity contribution in [1.82, 2.24) is 25.8 Å². The van der Waals surface area contributed by atoms with E-state index in [0.29, 0.717) is 70.8 Å². The number of hydrogen-bond donors (Lipinski definition) is 4. The molecule has 3 aromatic rings. The van der Waals surface area contributed by atoms with Gasteiger partial charge in [0.2, 0.25) is 0 Å². The largest absolute Gasteiger partial charge is 0.491 e. The molecule has 4 heterocycles. The molecule has 1 aromatic carbocycles. The van der Waals surface area contributed by atoms with Gasteiger partial charge in [0.15, 0.2) is 5.82 Å². The van der Waals surface area contributed by atoms with Crippen LogP contribution in [0.1, 0.15) is 29.9 Å². The van der Waals surface area contributed by atoms with Gasteiger partial charge in [0.25, 0.3) is 0 Å². The van der Waals surface area contributed by atoms with Crippen molar-refractivity contribution in [3.05, 3.63) is 52.0 Å². The quantitative estimate of drug-likeness (QED) is 0.273. The van der Waals surface area contributed by atoms with Crippen molar-refractivity contribution in [2.75, 3.05) is 51.4 Å². The van der Waals surface area contributed by atoms with Gasteiger partial charge in [-0.05, 0) is 58.9 Å². The summed E-state index contributed by atoms with van der Waals surface area (Å²) < 4.78 is 16.8. The second-order valence-electron chi connectivity index (χ2n) is 10.8. The Hall–Kier alpha value is -3.51. The minimum Gasteiger partial charge on any atom is -0.491 e. The highest BCUT2D eigenvalue weighted by atomic mass is 35.5. The number of benzene rings is 1. The predicted octanol–water partition coefficient (Wildman–Crippen LogP) is 3.83. The number of aliphatic hydroxyl groups is 1. The first-order valence-electron chi connectivity index (χ1n) is 14.2. The molecule has 0 bridgehead atoms. The van der Waals surface area contributed by atoms with Crippen LogP contribution in [-0.4, -0.2) is 84.6 Å². The van der Waals surface area contributed by atoms with Crippen LogP contribution in [0.3, 0.4) is 0 Å². The van der Waals surface area contributed by atoms with Crippen molar-refractivity contribution in [1.29, 1.82) is 5.41 Å². The molecule has 2 saturated heterocycles. The van der Waals surface area contributed by atoms with Crippen molar-refractivity contribution in [3.8, 4) is 28.4 Å². The van der Waals surface area contributed by atoms with Crippen LogP contribution < -0.4 is 20.3 Å². The Kier molecular flexibility index (Phi) is 9.42.